The predicted molar refractivity (Wildman–Crippen MR) is 131 cm³/mol. The number of thioether (sulfide) groups is 1. The number of benzene rings is 3. The minimum absolute atomic E-state index is 0.0323. The van der Waals surface area contributed by atoms with Gasteiger partial charge in [0.25, 0.3) is 0 Å². The van der Waals surface area contributed by atoms with Crippen LogP contribution in [-0.2, 0) is 17.8 Å². The molecule has 6 heteroatoms. The van der Waals surface area contributed by atoms with Crippen LogP contribution in [0.1, 0.15) is 29.9 Å². The van der Waals surface area contributed by atoms with Crippen LogP contribution in [0.4, 0.5) is 0 Å². The van der Waals surface area contributed by atoms with Crippen molar-refractivity contribution in [3.05, 3.63) is 102 Å². The van der Waals surface area contributed by atoms with E-state index in [1.54, 1.807) is 0 Å². The Labute approximate surface area is 192 Å². The van der Waals surface area contributed by atoms with Crippen LogP contribution in [0.2, 0.25) is 0 Å². The number of hydrogen-bond donors (Lipinski definition) is 1. The quantitative estimate of drug-likeness (QED) is 0.287. The molecule has 162 valence electrons. The minimum atomic E-state index is -0.0442. The van der Waals surface area contributed by atoms with Crippen LogP contribution in [0.5, 0.6) is 0 Å². The Morgan fingerprint density at radius 2 is 1.81 bits per heavy atom. The molecule has 0 aliphatic heterocycles. The predicted octanol–water partition coefficient (Wildman–Crippen LogP) is 5.18. The van der Waals surface area contributed by atoms with E-state index < -0.39 is 0 Å². The first-order chi connectivity index (χ1) is 15.7. The Hall–Kier alpha value is -3.38. The van der Waals surface area contributed by atoms with Crippen LogP contribution in [0.25, 0.3) is 10.8 Å². The second-order valence-electron chi connectivity index (χ2n) is 7.60. The summed E-state index contributed by atoms with van der Waals surface area (Å²) in [5.74, 6) is 1.11. The molecule has 0 aliphatic rings. The van der Waals surface area contributed by atoms with E-state index in [2.05, 4.69) is 58.5 Å². The van der Waals surface area contributed by atoms with Crippen molar-refractivity contribution in [2.45, 2.75) is 31.1 Å². The molecule has 0 saturated heterocycles. The van der Waals surface area contributed by atoms with Gasteiger partial charge in [-0.2, -0.15) is 0 Å². The molecule has 0 saturated carbocycles. The SMILES string of the molecule is C=CCn1c(Cc2cccc3ccccc23)nnc1SCC(=O)N[C@H](C)c1ccccc1. The highest BCUT2D eigenvalue weighted by Crippen LogP contribution is 2.23. The molecular weight excluding hydrogens is 416 g/mol. The van der Waals surface area contributed by atoms with E-state index >= 15 is 0 Å². The Balaban J connectivity index is 1.46. The molecule has 1 heterocycles. The number of amides is 1. The van der Waals surface area contributed by atoms with E-state index in [1.165, 1.54) is 28.1 Å². The summed E-state index contributed by atoms with van der Waals surface area (Å²) >= 11 is 1.40. The van der Waals surface area contributed by atoms with Crippen molar-refractivity contribution in [2.24, 2.45) is 0 Å². The van der Waals surface area contributed by atoms with Gasteiger partial charge >= 0.3 is 0 Å². The van der Waals surface area contributed by atoms with Crippen LogP contribution in [0.15, 0.2) is 90.6 Å². The van der Waals surface area contributed by atoms with Gasteiger partial charge in [0.15, 0.2) is 5.16 Å². The fourth-order valence-electron chi connectivity index (χ4n) is 3.72. The minimum Gasteiger partial charge on any atom is -0.349 e. The molecular formula is C26H26N4OS. The van der Waals surface area contributed by atoms with Gasteiger partial charge in [-0.15, -0.1) is 16.8 Å². The molecule has 0 spiro atoms. The lowest BCUT2D eigenvalue weighted by Gasteiger charge is -2.14. The lowest BCUT2D eigenvalue weighted by atomic mass is 10.0. The summed E-state index contributed by atoms with van der Waals surface area (Å²) in [7, 11) is 0. The van der Waals surface area contributed by atoms with Crippen LogP contribution in [-0.4, -0.2) is 26.4 Å². The third-order valence-electron chi connectivity index (χ3n) is 5.34. The van der Waals surface area contributed by atoms with Crippen LogP contribution in [0.3, 0.4) is 0 Å². The summed E-state index contributed by atoms with van der Waals surface area (Å²) in [6, 6.07) is 24.6. The maximum Gasteiger partial charge on any atom is 0.230 e. The molecule has 0 fully saturated rings. The first-order valence-electron chi connectivity index (χ1n) is 10.6. The van der Waals surface area contributed by atoms with E-state index in [4.69, 9.17) is 0 Å². The van der Waals surface area contributed by atoms with Crippen molar-refractivity contribution in [2.75, 3.05) is 5.75 Å². The summed E-state index contributed by atoms with van der Waals surface area (Å²) in [6.45, 7) is 6.46. The van der Waals surface area contributed by atoms with Gasteiger partial charge in [-0.1, -0.05) is 90.6 Å². The third kappa shape index (κ3) is 5.08. The van der Waals surface area contributed by atoms with Gasteiger partial charge in [-0.25, -0.2) is 0 Å². The number of aromatic nitrogens is 3. The monoisotopic (exact) mass is 442 g/mol. The fraction of sp³-hybridized carbons (Fsp3) is 0.192. The van der Waals surface area contributed by atoms with E-state index in [1.807, 2.05) is 54.0 Å². The van der Waals surface area contributed by atoms with Gasteiger partial charge in [0, 0.05) is 13.0 Å². The summed E-state index contributed by atoms with van der Waals surface area (Å²) in [5, 5.41) is 15.0. The first-order valence-corrected chi connectivity index (χ1v) is 11.6. The number of fused-ring (bicyclic) bond motifs is 1. The van der Waals surface area contributed by atoms with E-state index in [0.717, 1.165) is 16.5 Å². The molecule has 4 aromatic rings. The van der Waals surface area contributed by atoms with Gasteiger partial charge in [0.2, 0.25) is 5.91 Å². The number of carbonyl (C=O) groups excluding carboxylic acids is 1. The molecule has 3 aromatic carbocycles. The molecule has 1 N–H and O–H groups in total. The van der Waals surface area contributed by atoms with E-state index in [0.29, 0.717) is 13.0 Å². The van der Waals surface area contributed by atoms with Crippen molar-refractivity contribution in [3.8, 4) is 0 Å². The molecule has 32 heavy (non-hydrogen) atoms. The maximum absolute atomic E-state index is 12.5. The van der Waals surface area contributed by atoms with E-state index in [9.17, 15) is 4.79 Å². The fourth-order valence-corrected chi connectivity index (χ4v) is 4.50. The summed E-state index contributed by atoms with van der Waals surface area (Å²) in [6.07, 6.45) is 2.50. The Morgan fingerprint density at radius 1 is 1.06 bits per heavy atom. The number of rotatable bonds is 9. The zero-order valence-electron chi connectivity index (χ0n) is 18.1. The number of nitrogens with zero attached hydrogens (tertiary/aromatic N) is 3. The molecule has 0 aliphatic carbocycles. The Morgan fingerprint density at radius 3 is 2.62 bits per heavy atom. The van der Waals surface area contributed by atoms with Crippen molar-refractivity contribution >= 4 is 28.4 Å². The Kier molecular flexibility index (Phi) is 7.02. The highest BCUT2D eigenvalue weighted by molar-refractivity contribution is 7.99. The molecule has 5 nitrogen and oxygen atoms in total. The van der Waals surface area contributed by atoms with Crippen molar-refractivity contribution < 1.29 is 4.79 Å². The lowest BCUT2D eigenvalue weighted by Crippen LogP contribution is -2.28. The molecule has 1 atom stereocenters. The summed E-state index contributed by atoms with van der Waals surface area (Å²) in [4.78, 5) is 12.5. The van der Waals surface area contributed by atoms with Crippen molar-refractivity contribution in [1.29, 1.82) is 0 Å². The topological polar surface area (TPSA) is 59.8 Å². The lowest BCUT2D eigenvalue weighted by molar-refractivity contribution is -0.119. The van der Waals surface area contributed by atoms with Gasteiger partial charge in [-0.05, 0) is 28.8 Å². The molecule has 0 unspecified atom stereocenters. The van der Waals surface area contributed by atoms with Crippen molar-refractivity contribution in [1.82, 2.24) is 20.1 Å². The average Bonchev–Trinajstić information content (AvgIpc) is 3.20. The molecule has 0 radical (unpaired) electrons. The molecule has 4 rings (SSSR count). The molecule has 1 amide bonds. The number of nitrogens with one attached hydrogen (secondary N) is 1. The Bertz CT molecular complexity index is 1210. The van der Waals surface area contributed by atoms with E-state index in [-0.39, 0.29) is 17.7 Å². The van der Waals surface area contributed by atoms with Crippen LogP contribution < -0.4 is 5.32 Å². The highest BCUT2D eigenvalue weighted by atomic mass is 32.2. The largest absolute Gasteiger partial charge is 0.349 e. The second kappa shape index (κ2) is 10.3. The maximum atomic E-state index is 12.5. The smallest absolute Gasteiger partial charge is 0.230 e. The average molecular weight is 443 g/mol. The number of hydrogen-bond acceptors (Lipinski definition) is 4. The highest BCUT2D eigenvalue weighted by Gasteiger charge is 2.16. The normalized spacial score (nSPS) is 11.9. The number of carbonyl (C=O) groups is 1. The van der Waals surface area contributed by atoms with Crippen LogP contribution >= 0.6 is 11.8 Å². The standard InChI is InChI=1S/C26H26N4OS/c1-3-16-30-24(17-22-14-9-13-21-12-7-8-15-23(21)22)28-29-26(30)32-18-25(31)27-19(2)20-10-5-4-6-11-20/h3-15,19H,1,16-18H2,2H3,(H,27,31)/t19-/m1/s1. The summed E-state index contributed by atoms with van der Waals surface area (Å²) < 4.78 is 2.04. The zero-order chi connectivity index (χ0) is 22.3. The first kappa shape index (κ1) is 21.8. The molecule has 0 bridgehead atoms. The summed E-state index contributed by atoms with van der Waals surface area (Å²) in [5.41, 5.74) is 2.28. The van der Waals surface area contributed by atoms with Crippen molar-refractivity contribution in [3.63, 3.8) is 0 Å². The second-order valence-corrected chi connectivity index (χ2v) is 8.54. The number of allylic oxidation sites excluding steroid dienone is 1. The van der Waals surface area contributed by atoms with Gasteiger partial charge in [-0.3, -0.25) is 4.79 Å². The van der Waals surface area contributed by atoms with Gasteiger partial charge < -0.3 is 9.88 Å². The third-order valence-corrected chi connectivity index (χ3v) is 6.31. The zero-order valence-corrected chi connectivity index (χ0v) is 18.9. The van der Waals surface area contributed by atoms with Crippen LogP contribution in [0, 0.1) is 0 Å². The van der Waals surface area contributed by atoms with Gasteiger partial charge in [0.1, 0.15) is 5.82 Å². The molecule has 1 aromatic heterocycles. The van der Waals surface area contributed by atoms with Gasteiger partial charge in [0.05, 0.1) is 11.8 Å².